The number of likely N-dealkylation sites (tertiary alicyclic amines) is 1. The maximum Gasteiger partial charge on any atom is 0.257 e. The zero-order chi connectivity index (χ0) is 15.8. The molecule has 6 heteroatoms. The van der Waals surface area contributed by atoms with E-state index in [1.807, 2.05) is 17.0 Å². The van der Waals surface area contributed by atoms with Crippen molar-refractivity contribution in [3.63, 3.8) is 0 Å². The van der Waals surface area contributed by atoms with Gasteiger partial charge in [0.05, 0.1) is 18.8 Å². The van der Waals surface area contributed by atoms with Gasteiger partial charge in [-0.1, -0.05) is 0 Å². The molecule has 0 aromatic carbocycles. The van der Waals surface area contributed by atoms with Gasteiger partial charge in [-0.2, -0.15) is 0 Å². The zero-order valence-corrected chi connectivity index (χ0v) is 13.4. The average molecular weight is 316 g/mol. The molecule has 0 bridgehead atoms. The second-order valence-electron chi connectivity index (χ2n) is 6.85. The maximum atomic E-state index is 13.0. The Morgan fingerprint density at radius 1 is 1.26 bits per heavy atom. The first kappa shape index (κ1) is 14.9. The summed E-state index contributed by atoms with van der Waals surface area (Å²) >= 11 is 0. The lowest BCUT2D eigenvalue weighted by atomic mass is 9.98. The highest BCUT2D eigenvalue weighted by Crippen LogP contribution is 2.38. The number of carbonyl (C=O) groups excluding carboxylic acids is 1. The van der Waals surface area contributed by atoms with Crippen LogP contribution in [0.4, 0.5) is 5.82 Å². The third-order valence-electron chi connectivity index (χ3n) is 5.53. The molecule has 1 aromatic heterocycles. The number of nitrogens with two attached hydrogens (primary N) is 1. The lowest BCUT2D eigenvalue weighted by Crippen LogP contribution is -2.39. The number of pyridine rings is 1. The van der Waals surface area contributed by atoms with Gasteiger partial charge in [0.25, 0.3) is 5.91 Å². The van der Waals surface area contributed by atoms with Crippen LogP contribution in [0.25, 0.3) is 0 Å². The van der Waals surface area contributed by atoms with Gasteiger partial charge in [0.15, 0.2) is 0 Å². The molecule has 3 fully saturated rings. The standard InChI is InChI=1S/C17H24N4O2/c18-15-4-3-12-10-21(11-14(12)15)17(22)13-2-1-5-19-16(13)20-6-8-23-9-7-20/h1-2,5,12,14-15H,3-4,6-11,18H2. The first-order valence-electron chi connectivity index (χ1n) is 8.56. The van der Waals surface area contributed by atoms with Crippen LogP contribution in [0.15, 0.2) is 18.3 Å². The summed E-state index contributed by atoms with van der Waals surface area (Å²) in [5.41, 5.74) is 6.91. The molecule has 0 radical (unpaired) electrons. The molecular weight excluding hydrogens is 292 g/mol. The van der Waals surface area contributed by atoms with E-state index in [0.29, 0.717) is 30.6 Å². The molecule has 1 amide bonds. The number of nitrogens with zero attached hydrogens (tertiary/aromatic N) is 3. The lowest BCUT2D eigenvalue weighted by molar-refractivity contribution is 0.0778. The molecule has 2 aliphatic heterocycles. The van der Waals surface area contributed by atoms with E-state index >= 15 is 0 Å². The van der Waals surface area contributed by atoms with Crippen LogP contribution in [0.2, 0.25) is 0 Å². The minimum atomic E-state index is 0.0983. The smallest absolute Gasteiger partial charge is 0.257 e. The predicted molar refractivity (Wildman–Crippen MR) is 87.4 cm³/mol. The molecule has 3 unspecified atom stereocenters. The second kappa shape index (κ2) is 6.09. The van der Waals surface area contributed by atoms with Crippen molar-refractivity contribution in [3.8, 4) is 0 Å². The van der Waals surface area contributed by atoms with Crippen LogP contribution in [0.3, 0.4) is 0 Å². The Bertz CT molecular complexity index is 588. The third kappa shape index (κ3) is 2.70. The Balaban J connectivity index is 1.55. The van der Waals surface area contributed by atoms with E-state index in [-0.39, 0.29) is 11.9 Å². The summed E-state index contributed by atoms with van der Waals surface area (Å²) in [6.45, 7) is 4.58. The van der Waals surface area contributed by atoms with Crippen LogP contribution in [-0.4, -0.2) is 61.2 Å². The first-order valence-corrected chi connectivity index (χ1v) is 8.56. The Morgan fingerprint density at radius 2 is 2.09 bits per heavy atom. The summed E-state index contributed by atoms with van der Waals surface area (Å²) < 4.78 is 5.40. The van der Waals surface area contributed by atoms with Crippen LogP contribution >= 0.6 is 0 Å². The summed E-state index contributed by atoms with van der Waals surface area (Å²) in [7, 11) is 0. The van der Waals surface area contributed by atoms with Crippen molar-refractivity contribution < 1.29 is 9.53 Å². The molecular formula is C17H24N4O2. The average Bonchev–Trinajstić information content (AvgIpc) is 3.17. The third-order valence-corrected chi connectivity index (χ3v) is 5.53. The van der Waals surface area contributed by atoms with Crippen LogP contribution in [0, 0.1) is 11.8 Å². The van der Waals surface area contributed by atoms with Crippen molar-refractivity contribution >= 4 is 11.7 Å². The lowest BCUT2D eigenvalue weighted by Gasteiger charge is -2.30. The predicted octanol–water partition coefficient (Wildman–Crippen LogP) is 0.727. The number of rotatable bonds is 2. The highest BCUT2D eigenvalue weighted by Gasteiger charge is 2.43. The van der Waals surface area contributed by atoms with Crippen LogP contribution < -0.4 is 10.6 Å². The van der Waals surface area contributed by atoms with Crippen molar-refractivity contribution in [2.24, 2.45) is 17.6 Å². The highest BCUT2D eigenvalue weighted by molar-refractivity contribution is 5.99. The highest BCUT2D eigenvalue weighted by atomic mass is 16.5. The van der Waals surface area contributed by atoms with Gasteiger partial charge >= 0.3 is 0 Å². The molecule has 1 saturated carbocycles. The molecule has 3 aliphatic rings. The van der Waals surface area contributed by atoms with Crippen molar-refractivity contribution in [2.75, 3.05) is 44.3 Å². The van der Waals surface area contributed by atoms with Gasteiger partial charge in [-0.3, -0.25) is 4.79 Å². The number of aromatic nitrogens is 1. The van der Waals surface area contributed by atoms with Gasteiger partial charge in [-0.25, -0.2) is 4.98 Å². The van der Waals surface area contributed by atoms with Gasteiger partial charge in [0.1, 0.15) is 5.82 Å². The molecule has 3 heterocycles. The van der Waals surface area contributed by atoms with E-state index in [1.165, 1.54) is 0 Å². The number of hydrogen-bond acceptors (Lipinski definition) is 5. The summed E-state index contributed by atoms with van der Waals surface area (Å²) in [4.78, 5) is 21.6. The number of ether oxygens (including phenoxy) is 1. The van der Waals surface area contributed by atoms with Crippen LogP contribution in [0.5, 0.6) is 0 Å². The van der Waals surface area contributed by atoms with Gasteiger partial charge in [-0.05, 0) is 36.8 Å². The Kier molecular flexibility index (Phi) is 3.95. The van der Waals surface area contributed by atoms with E-state index in [9.17, 15) is 4.79 Å². The number of anilines is 1. The van der Waals surface area contributed by atoms with Crippen LogP contribution in [0.1, 0.15) is 23.2 Å². The van der Waals surface area contributed by atoms with E-state index in [1.54, 1.807) is 6.20 Å². The van der Waals surface area contributed by atoms with E-state index in [0.717, 1.165) is 44.8 Å². The normalized spacial score (nSPS) is 30.6. The van der Waals surface area contributed by atoms with Crippen molar-refractivity contribution in [3.05, 3.63) is 23.9 Å². The zero-order valence-electron chi connectivity index (χ0n) is 13.4. The van der Waals surface area contributed by atoms with E-state index < -0.39 is 0 Å². The molecule has 6 nitrogen and oxygen atoms in total. The summed E-state index contributed by atoms with van der Waals surface area (Å²) in [5.74, 6) is 1.95. The molecule has 1 aromatic rings. The summed E-state index contributed by atoms with van der Waals surface area (Å²) in [6, 6.07) is 4.00. The largest absolute Gasteiger partial charge is 0.378 e. The molecule has 1 aliphatic carbocycles. The molecule has 23 heavy (non-hydrogen) atoms. The minimum Gasteiger partial charge on any atom is -0.378 e. The van der Waals surface area contributed by atoms with Crippen molar-refractivity contribution in [2.45, 2.75) is 18.9 Å². The van der Waals surface area contributed by atoms with Gasteiger partial charge in [-0.15, -0.1) is 0 Å². The molecule has 124 valence electrons. The molecule has 2 N–H and O–H groups in total. The minimum absolute atomic E-state index is 0.0983. The molecule has 4 rings (SSSR count). The number of amides is 1. The Morgan fingerprint density at radius 3 is 2.87 bits per heavy atom. The fourth-order valence-electron chi connectivity index (χ4n) is 4.23. The second-order valence-corrected chi connectivity index (χ2v) is 6.85. The van der Waals surface area contributed by atoms with Crippen molar-refractivity contribution in [1.82, 2.24) is 9.88 Å². The SMILES string of the molecule is NC1CCC2CN(C(=O)c3cccnc3N3CCOCC3)CC12. The molecule has 2 saturated heterocycles. The van der Waals surface area contributed by atoms with Gasteiger partial charge < -0.3 is 20.3 Å². The van der Waals surface area contributed by atoms with Crippen molar-refractivity contribution in [1.29, 1.82) is 0 Å². The monoisotopic (exact) mass is 316 g/mol. The number of hydrogen-bond donors (Lipinski definition) is 1. The summed E-state index contributed by atoms with van der Waals surface area (Å²) in [6.07, 6.45) is 4.01. The molecule has 0 spiro atoms. The van der Waals surface area contributed by atoms with E-state index in [2.05, 4.69) is 9.88 Å². The van der Waals surface area contributed by atoms with Gasteiger partial charge in [0, 0.05) is 38.4 Å². The summed E-state index contributed by atoms with van der Waals surface area (Å²) in [5, 5.41) is 0. The number of fused-ring (bicyclic) bond motifs is 1. The number of morpholine rings is 1. The first-order chi connectivity index (χ1) is 11.2. The van der Waals surface area contributed by atoms with E-state index in [4.69, 9.17) is 10.5 Å². The topological polar surface area (TPSA) is 71.7 Å². The van der Waals surface area contributed by atoms with Gasteiger partial charge in [0.2, 0.25) is 0 Å². The quantitative estimate of drug-likeness (QED) is 0.871. The maximum absolute atomic E-state index is 13.0. The Hall–Kier alpha value is -1.66. The fraction of sp³-hybridized carbons (Fsp3) is 0.647. The molecule has 3 atom stereocenters. The number of carbonyl (C=O) groups is 1. The van der Waals surface area contributed by atoms with Crippen LogP contribution in [-0.2, 0) is 4.74 Å². The Labute approximate surface area is 136 Å². The fourth-order valence-corrected chi connectivity index (χ4v) is 4.23.